The van der Waals surface area contributed by atoms with Crippen LogP contribution in [0.15, 0.2) is 36.5 Å². The van der Waals surface area contributed by atoms with E-state index in [2.05, 4.69) is 28.5 Å². The summed E-state index contributed by atoms with van der Waals surface area (Å²) in [4.78, 5) is 54.5. The van der Waals surface area contributed by atoms with Crippen LogP contribution in [0.3, 0.4) is 0 Å². The summed E-state index contributed by atoms with van der Waals surface area (Å²) >= 11 is 0. The molecule has 1 atom stereocenters. The molecule has 0 saturated carbocycles. The molecular formula is C34H48BN5O8. The molecule has 1 aromatic carbocycles. The fourth-order valence-electron chi connectivity index (χ4n) is 4.81. The van der Waals surface area contributed by atoms with E-state index in [0.29, 0.717) is 32.6 Å². The molecule has 0 spiro atoms. The van der Waals surface area contributed by atoms with Gasteiger partial charge in [-0.2, -0.15) is 0 Å². The monoisotopic (exact) mass is 665 g/mol. The van der Waals surface area contributed by atoms with Crippen LogP contribution < -0.4 is 10.6 Å². The maximum atomic E-state index is 13.2. The van der Waals surface area contributed by atoms with Crippen LogP contribution in [0.2, 0.25) is 12.6 Å². The summed E-state index contributed by atoms with van der Waals surface area (Å²) in [6, 6.07) is 9.64. The van der Waals surface area contributed by atoms with Crippen LogP contribution in [0, 0.1) is 17.1 Å². The van der Waals surface area contributed by atoms with Crippen LogP contribution in [0.1, 0.15) is 42.2 Å². The van der Waals surface area contributed by atoms with Crippen molar-refractivity contribution in [1.82, 2.24) is 15.2 Å². The normalized spacial score (nSPS) is 11.5. The van der Waals surface area contributed by atoms with Gasteiger partial charge < -0.3 is 39.6 Å². The molecule has 0 aliphatic carbocycles. The lowest BCUT2D eigenvalue weighted by atomic mass is 9.44. The maximum absolute atomic E-state index is 13.2. The number of ether oxygens (including phenoxy) is 3. The second-order valence-corrected chi connectivity index (χ2v) is 11.6. The molecule has 14 heteroatoms. The third-order valence-corrected chi connectivity index (χ3v) is 7.43. The van der Waals surface area contributed by atoms with E-state index in [9.17, 15) is 24.4 Å². The number of anilines is 1. The number of nitrogens with zero attached hydrogens (tertiary/aromatic N) is 3. The molecule has 48 heavy (non-hydrogen) atoms. The van der Waals surface area contributed by atoms with Crippen molar-refractivity contribution in [1.29, 1.82) is 5.26 Å². The molecule has 1 unspecified atom stereocenters. The summed E-state index contributed by atoms with van der Waals surface area (Å²) in [7, 11) is 3.89. The van der Waals surface area contributed by atoms with Gasteiger partial charge in [-0.05, 0) is 56.6 Å². The first-order chi connectivity index (χ1) is 23.2. The van der Waals surface area contributed by atoms with E-state index in [1.54, 1.807) is 12.3 Å². The highest BCUT2D eigenvalue weighted by molar-refractivity contribution is 6.70. The Labute approximate surface area is 283 Å². The summed E-state index contributed by atoms with van der Waals surface area (Å²) < 4.78 is 16.0. The van der Waals surface area contributed by atoms with E-state index < -0.39 is 24.5 Å². The van der Waals surface area contributed by atoms with Gasteiger partial charge in [-0.25, -0.2) is 10.2 Å². The minimum absolute atomic E-state index is 0.0160. The average Bonchev–Trinajstić information content (AvgIpc) is 3.07. The Morgan fingerprint density at radius 1 is 1.06 bits per heavy atom. The van der Waals surface area contributed by atoms with Crippen LogP contribution in [0.25, 0.3) is 11.1 Å². The third-order valence-electron chi connectivity index (χ3n) is 7.43. The number of carboxylic acids is 1. The molecule has 2 rings (SSSR count). The Bertz CT molecular complexity index is 1350. The smallest absolute Gasteiger partial charge is 0.305 e. The zero-order chi connectivity index (χ0) is 35.1. The molecule has 3 N–H and O–H groups in total. The van der Waals surface area contributed by atoms with Crippen LogP contribution in [-0.4, -0.2) is 113 Å². The highest BCUT2D eigenvalue weighted by atomic mass is 16.5. The Kier molecular flexibility index (Phi) is 19.4. The molecule has 0 aliphatic heterocycles. The van der Waals surface area contributed by atoms with E-state index in [4.69, 9.17) is 19.3 Å². The molecule has 1 heterocycles. The van der Waals surface area contributed by atoms with E-state index >= 15 is 0 Å². The van der Waals surface area contributed by atoms with E-state index in [0.717, 1.165) is 42.4 Å². The first kappa shape index (κ1) is 40.0. The van der Waals surface area contributed by atoms with Gasteiger partial charge in [-0.15, -0.1) is 0 Å². The number of carbonyl (C=O) groups excluding carboxylic acids is 3. The van der Waals surface area contributed by atoms with Crippen molar-refractivity contribution in [3.05, 3.63) is 47.8 Å². The number of nitriles is 1. The van der Waals surface area contributed by atoms with Crippen molar-refractivity contribution in [2.45, 2.75) is 45.2 Å². The lowest BCUT2D eigenvalue weighted by molar-refractivity contribution is -0.138. The van der Waals surface area contributed by atoms with Gasteiger partial charge in [-0.1, -0.05) is 37.5 Å². The second kappa shape index (κ2) is 23.2. The summed E-state index contributed by atoms with van der Waals surface area (Å²) in [5.74, 6) is 0.361. The Morgan fingerprint density at radius 3 is 2.42 bits per heavy atom. The number of rotatable bonds is 25. The van der Waals surface area contributed by atoms with Crippen molar-refractivity contribution in [2.75, 3.05) is 72.1 Å². The highest BCUT2D eigenvalue weighted by Gasteiger charge is 2.25. The largest absolute Gasteiger partial charge is 0.481 e. The first-order valence-corrected chi connectivity index (χ1v) is 16.3. The predicted molar refractivity (Wildman–Crippen MR) is 183 cm³/mol. The van der Waals surface area contributed by atoms with Crippen molar-refractivity contribution < 1.29 is 38.5 Å². The number of amides is 2. The zero-order valence-corrected chi connectivity index (χ0v) is 28.2. The number of pyridine rings is 1. The van der Waals surface area contributed by atoms with Gasteiger partial charge in [0.15, 0.2) is 5.69 Å². The predicted octanol–water partition coefficient (Wildman–Crippen LogP) is 3.22. The minimum atomic E-state index is -0.917. The highest BCUT2D eigenvalue weighted by Crippen LogP contribution is 2.26. The van der Waals surface area contributed by atoms with Gasteiger partial charge in [-0.3, -0.25) is 14.4 Å². The van der Waals surface area contributed by atoms with E-state index in [1.807, 2.05) is 43.3 Å². The van der Waals surface area contributed by atoms with Crippen LogP contribution in [0.5, 0.6) is 0 Å². The molecule has 0 fully saturated rings. The number of nitrogens with one attached hydrogen (secondary N) is 2. The number of hydrogen-bond donors (Lipinski definition) is 3. The second-order valence-electron chi connectivity index (χ2n) is 11.6. The number of benzene rings is 1. The Balaban J connectivity index is 2.02. The van der Waals surface area contributed by atoms with Crippen LogP contribution in [0.4, 0.5) is 5.69 Å². The molecule has 13 nitrogen and oxygen atoms in total. The van der Waals surface area contributed by atoms with Crippen LogP contribution in [-0.2, 0) is 35.0 Å². The number of aryl methyl sites for hydroxylation is 1. The summed E-state index contributed by atoms with van der Waals surface area (Å²) in [5, 5.41) is 24.0. The van der Waals surface area contributed by atoms with E-state index in [-0.39, 0.29) is 56.4 Å². The maximum Gasteiger partial charge on any atom is 0.305 e. The summed E-state index contributed by atoms with van der Waals surface area (Å²) in [6.45, 7) is 3.95. The van der Waals surface area contributed by atoms with Gasteiger partial charge in [0.25, 0.3) is 12.6 Å². The standard InChI is InChI=1S/C34H48BN5O8/c1-4-26-6-5-7-28(20-26)29-21-30(39-31(42)23-35(25-36)22-27(9-13-41)8-12-40(2)3)33(38-24-29)34(45)37-11-15-47-17-19-48-18-16-46-14-10-32(43)44/h5-7,13,20-21,24,27H,4,8-12,14-19,22-23H2,1-3H3,(H,37,45)(H,39,42)(H,43,44). The van der Waals surface area contributed by atoms with Gasteiger partial charge in [0.1, 0.15) is 6.29 Å². The van der Waals surface area contributed by atoms with E-state index in [1.165, 1.54) is 0 Å². The average molecular weight is 666 g/mol. The van der Waals surface area contributed by atoms with Crippen LogP contribution >= 0.6 is 0 Å². The van der Waals surface area contributed by atoms with Crippen molar-refractivity contribution in [2.24, 2.45) is 5.92 Å². The zero-order valence-electron chi connectivity index (χ0n) is 28.2. The number of aromatic nitrogens is 1. The molecule has 0 bridgehead atoms. The minimum Gasteiger partial charge on any atom is -0.481 e. The number of hydrogen-bond acceptors (Lipinski definition) is 10. The molecule has 260 valence electrons. The SMILES string of the molecule is CCc1cccc(-c2cnc(C(=O)NCCOCCOCCOCCC(=O)O)c(NC(=O)CB(C#N)CC(CC=O)CCN(C)C)c2)c1. The molecule has 0 radical (unpaired) electrons. The van der Waals surface area contributed by atoms with Crippen molar-refractivity contribution in [3.63, 3.8) is 0 Å². The van der Waals surface area contributed by atoms with Gasteiger partial charge in [0, 0.05) is 37.0 Å². The third kappa shape index (κ3) is 16.1. The molecule has 0 aliphatic rings. The van der Waals surface area contributed by atoms with Gasteiger partial charge in [0.2, 0.25) is 5.91 Å². The number of carboxylic acid groups (broad SMARTS) is 1. The fraction of sp³-hybridized carbons (Fsp3) is 0.529. The topological polar surface area (TPSA) is 180 Å². The number of aliphatic carboxylic acids is 1. The Hall–Kier alpha value is -4.16. The quantitative estimate of drug-likeness (QED) is 0.0805. The summed E-state index contributed by atoms with van der Waals surface area (Å²) in [6.07, 6.45) is 4.62. The molecule has 2 amide bonds. The lowest BCUT2D eigenvalue weighted by Gasteiger charge is -2.18. The molecule has 2 aromatic rings. The van der Waals surface area contributed by atoms with Crippen molar-refractivity contribution >= 4 is 36.5 Å². The number of aldehydes is 1. The van der Waals surface area contributed by atoms with Crippen molar-refractivity contribution in [3.8, 4) is 17.1 Å². The van der Waals surface area contributed by atoms with Gasteiger partial charge in [0.05, 0.1) is 51.7 Å². The van der Waals surface area contributed by atoms with Gasteiger partial charge >= 0.3 is 5.97 Å². The Morgan fingerprint density at radius 2 is 1.77 bits per heavy atom. The number of carbonyl (C=O) groups is 4. The lowest BCUT2D eigenvalue weighted by Crippen LogP contribution is -2.30. The molecule has 1 aromatic heterocycles. The molecule has 0 saturated heterocycles. The summed E-state index contributed by atoms with van der Waals surface area (Å²) in [5.41, 5.74) is 3.00. The fourth-order valence-corrected chi connectivity index (χ4v) is 4.81. The first-order valence-electron chi connectivity index (χ1n) is 16.3. The molecular weight excluding hydrogens is 617 g/mol.